The molecule has 0 saturated carbocycles. The number of hydrogen-bond acceptors (Lipinski definition) is 4. The van der Waals surface area contributed by atoms with Gasteiger partial charge < -0.3 is 10.2 Å². The van der Waals surface area contributed by atoms with E-state index in [0.29, 0.717) is 13.1 Å². The fourth-order valence-electron chi connectivity index (χ4n) is 4.32. The Morgan fingerprint density at radius 2 is 1.47 bits per heavy atom. The molecule has 2 aliphatic rings. The lowest BCUT2D eigenvalue weighted by atomic mass is 10.0. The molecule has 2 saturated heterocycles. The van der Waals surface area contributed by atoms with Crippen LogP contribution in [0.5, 0.6) is 0 Å². The lowest BCUT2D eigenvalue weighted by Gasteiger charge is -2.35. The molecule has 2 aliphatic heterocycles. The van der Waals surface area contributed by atoms with Crippen molar-refractivity contribution in [3.63, 3.8) is 0 Å². The van der Waals surface area contributed by atoms with Crippen molar-refractivity contribution >= 4 is 11.8 Å². The molecule has 0 bridgehead atoms. The van der Waals surface area contributed by atoms with Crippen LogP contribution in [-0.2, 0) is 9.59 Å². The van der Waals surface area contributed by atoms with E-state index in [0.717, 1.165) is 57.7 Å². The minimum Gasteiger partial charge on any atom is -0.348 e. The first-order valence-electron chi connectivity index (χ1n) is 11.5. The molecule has 1 N–H and O–H groups in total. The summed E-state index contributed by atoms with van der Waals surface area (Å²) in [5.74, 6) is 0.333. The summed E-state index contributed by atoms with van der Waals surface area (Å²) in [7, 11) is 0. The summed E-state index contributed by atoms with van der Waals surface area (Å²) in [6, 6.07) is 6.36. The second-order valence-corrected chi connectivity index (χ2v) is 8.98. The third kappa shape index (κ3) is 6.54. The van der Waals surface area contributed by atoms with Crippen LogP contribution in [-0.4, -0.2) is 78.9 Å². The van der Waals surface area contributed by atoms with Gasteiger partial charge in [0.1, 0.15) is 0 Å². The Labute approximate surface area is 181 Å². The van der Waals surface area contributed by atoms with Crippen LogP contribution in [0.2, 0.25) is 0 Å². The van der Waals surface area contributed by atoms with E-state index >= 15 is 0 Å². The Balaban J connectivity index is 1.39. The molecule has 1 aromatic rings. The van der Waals surface area contributed by atoms with Crippen LogP contribution in [0.3, 0.4) is 0 Å². The molecule has 1 atom stereocenters. The van der Waals surface area contributed by atoms with Gasteiger partial charge in [-0.15, -0.1) is 0 Å². The number of nitrogens with one attached hydrogen (secondary N) is 1. The molecule has 166 valence electrons. The topological polar surface area (TPSA) is 55.9 Å². The van der Waals surface area contributed by atoms with Crippen molar-refractivity contribution in [2.75, 3.05) is 52.4 Å². The summed E-state index contributed by atoms with van der Waals surface area (Å²) >= 11 is 0. The highest BCUT2D eigenvalue weighted by Gasteiger charge is 2.23. The Morgan fingerprint density at radius 1 is 0.867 bits per heavy atom. The molecule has 6 nitrogen and oxygen atoms in total. The van der Waals surface area contributed by atoms with Crippen molar-refractivity contribution in [3.05, 3.63) is 34.9 Å². The maximum Gasteiger partial charge on any atom is 0.236 e. The van der Waals surface area contributed by atoms with E-state index in [1.165, 1.54) is 24.0 Å². The van der Waals surface area contributed by atoms with Crippen molar-refractivity contribution in [2.24, 2.45) is 0 Å². The summed E-state index contributed by atoms with van der Waals surface area (Å²) in [5.41, 5.74) is 3.66. The molecule has 0 radical (unpaired) electrons. The first-order valence-corrected chi connectivity index (χ1v) is 11.5. The Kier molecular flexibility index (Phi) is 8.28. The lowest BCUT2D eigenvalue weighted by molar-refractivity contribution is -0.133. The Hall–Kier alpha value is -1.92. The van der Waals surface area contributed by atoms with Gasteiger partial charge in [-0.3, -0.25) is 19.4 Å². The molecule has 1 aromatic carbocycles. The summed E-state index contributed by atoms with van der Waals surface area (Å²) in [4.78, 5) is 31.6. The van der Waals surface area contributed by atoms with E-state index in [9.17, 15) is 9.59 Å². The van der Waals surface area contributed by atoms with Crippen molar-refractivity contribution in [1.29, 1.82) is 0 Å². The largest absolute Gasteiger partial charge is 0.348 e. The normalized spacial score (nSPS) is 19.9. The van der Waals surface area contributed by atoms with Crippen LogP contribution in [0, 0.1) is 13.8 Å². The second-order valence-electron chi connectivity index (χ2n) is 8.98. The molecule has 2 amide bonds. The number of carbonyl (C=O) groups is 2. The van der Waals surface area contributed by atoms with Gasteiger partial charge in [0.2, 0.25) is 11.8 Å². The summed E-state index contributed by atoms with van der Waals surface area (Å²) in [6.45, 7) is 12.4. The molecule has 30 heavy (non-hydrogen) atoms. The maximum absolute atomic E-state index is 12.6. The molecule has 2 fully saturated rings. The third-order valence-corrected chi connectivity index (χ3v) is 6.56. The monoisotopic (exact) mass is 414 g/mol. The molecule has 0 aliphatic carbocycles. The number of rotatable bonds is 6. The van der Waals surface area contributed by atoms with E-state index in [2.05, 4.69) is 47.2 Å². The molecule has 0 spiro atoms. The van der Waals surface area contributed by atoms with E-state index in [1.54, 1.807) is 0 Å². The SMILES string of the molecule is Cc1ccc(C(C)NC(=O)CN2CCN(CC(=O)N3CCCCCC3)CC2)cc1C. The van der Waals surface area contributed by atoms with Gasteiger partial charge in [0.15, 0.2) is 0 Å². The summed E-state index contributed by atoms with van der Waals surface area (Å²) < 4.78 is 0. The van der Waals surface area contributed by atoms with Crippen molar-refractivity contribution in [1.82, 2.24) is 20.0 Å². The summed E-state index contributed by atoms with van der Waals surface area (Å²) in [6.07, 6.45) is 4.75. The zero-order valence-corrected chi connectivity index (χ0v) is 19.0. The lowest BCUT2D eigenvalue weighted by Crippen LogP contribution is -2.52. The van der Waals surface area contributed by atoms with Crippen LogP contribution in [0.15, 0.2) is 18.2 Å². The first kappa shape index (κ1) is 22.8. The molecule has 1 unspecified atom stereocenters. The van der Waals surface area contributed by atoms with Crippen molar-refractivity contribution < 1.29 is 9.59 Å². The van der Waals surface area contributed by atoms with E-state index in [4.69, 9.17) is 0 Å². The average molecular weight is 415 g/mol. The van der Waals surface area contributed by atoms with Gasteiger partial charge in [0.25, 0.3) is 0 Å². The number of amides is 2. The molecule has 0 aromatic heterocycles. The highest BCUT2D eigenvalue weighted by molar-refractivity contribution is 5.79. The summed E-state index contributed by atoms with van der Waals surface area (Å²) in [5, 5.41) is 3.13. The highest BCUT2D eigenvalue weighted by Crippen LogP contribution is 2.17. The minimum absolute atomic E-state index is 0.00401. The number of benzene rings is 1. The molecule has 6 heteroatoms. The van der Waals surface area contributed by atoms with Gasteiger partial charge in [-0.25, -0.2) is 0 Å². The van der Waals surface area contributed by atoms with Crippen LogP contribution < -0.4 is 5.32 Å². The van der Waals surface area contributed by atoms with Crippen molar-refractivity contribution in [2.45, 2.75) is 52.5 Å². The number of aryl methyl sites for hydroxylation is 2. The quantitative estimate of drug-likeness (QED) is 0.777. The fourth-order valence-corrected chi connectivity index (χ4v) is 4.32. The maximum atomic E-state index is 12.6. The Bertz CT molecular complexity index is 720. The number of carbonyl (C=O) groups excluding carboxylic acids is 2. The fraction of sp³-hybridized carbons (Fsp3) is 0.667. The van der Waals surface area contributed by atoms with Gasteiger partial charge in [0, 0.05) is 39.3 Å². The van der Waals surface area contributed by atoms with E-state index in [1.807, 2.05) is 11.8 Å². The minimum atomic E-state index is 0.00401. The van der Waals surface area contributed by atoms with Gasteiger partial charge >= 0.3 is 0 Å². The third-order valence-electron chi connectivity index (χ3n) is 6.56. The van der Waals surface area contributed by atoms with Gasteiger partial charge in [0.05, 0.1) is 19.1 Å². The first-order chi connectivity index (χ1) is 14.4. The predicted molar refractivity (Wildman–Crippen MR) is 120 cm³/mol. The zero-order chi connectivity index (χ0) is 21.5. The predicted octanol–water partition coefficient (Wildman–Crippen LogP) is 2.50. The molecule has 3 rings (SSSR count). The van der Waals surface area contributed by atoms with Gasteiger partial charge in [-0.2, -0.15) is 0 Å². The van der Waals surface area contributed by atoms with Crippen LogP contribution in [0.25, 0.3) is 0 Å². The Morgan fingerprint density at radius 3 is 2.07 bits per heavy atom. The average Bonchev–Trinajstić information content (AvgIpc) is 3.01. The highest BCUT2D eigenvalue weighted by atomic mass is 16.2. The number of likely N-dealkylation sites (tertiary alicyclic amines) is 1. The molecule has 2 heterocycles. The smallest absolute Gasteiger partial charge is 0.236 e. The second kappa shape index (κ2) is 10.9. The van der Waals surface area contributed by atoms with Crippen molar-refractivity contribution in [3.8, 4) is 0 Å². The number of nitrogens with zero attached hydrogens (tertiary/aromatic N) is 3. The van der Waals surface area contributed by atoms with Crippen LogP contribution in [0.4, 0.5) is 0 Å². The number of hydrogen-bond donors (Lipinski definition) is 1. The van der Waals surface area contributed by atoms with Gasteiger partial charge in [-0.05, 0) is 50.3 Å². The van der Waals surface area contributed by atoms with Crippen LogP contribution in [0.1, 0.15) is 55.3 Å². The zero-order valence-electron chi connectivity index (χ0n) is 19.0. The van der Waals surface area contributed by atoms with Crippen LogP contribution >= 0.6 is 0 Å². The molecular formula is C24H38N4O2. The van der Waals surface area contributed by atoms with Gasteiger partial charge in [-0.1, -0.05) is 31.0 Å². The molecular weight excluding hydrogens is 376 g/mol. The standard InChI is InChI=1S/C24H38N4O2/c1-19-8-9-22(16-20(19)2)21(3)25-23(29)17-26-12-14-27(15-13-26)18-24(30)28-10-6-4-5-7-11-28/h8-9,16,21H,4-7,10-15,17-18H2,1-3H3,(H,25,29). The van der Waals surface area contributed by atoms with E-state index < -0.39 is 0 Å². The number of piperazine rings is 1. The van der Waals surface area contributed by atoms with E-state index in [-0.39, 0.29) is 17.9 Å².